The van der Waals surface area contributed by atoms with Gasteiger partial charge in [0.05, 0.1) is 17.6 Å². The summed E-state index contributed by atoms with van der Waals surface area (Å²) in [5.74, 6) is -0.952. The average molecular weight is 302 g/mol. The maximum absolute atomic E-state index is 12.5. The summed E-state index contributed by atoms with van der Waals surface area (Å²) in [5.41, 5.74) is 2.25. The lowest BCUT2D eigenvalue weighted by Crippen LogP contribution is -2.24. The number of nitrogens with zero attached hydrogens (tertiary/aromatic N) is 2. The minimum absolute atomic E-state index is 0.110. The molecule has 0 saturated heterocycles. The Balaban J connectivity index is 2.17. The molecule has 1 aromatic carbocycles. The minimum atomic E-state index is -0.952. The number of carbonyl (C=O) groups is 1. The van der Waals surface area contributed by atoms with Crippen LogP contribution >= 0.6 is 11.3 Å². The van der Waals surface area contributed by atoms with Gasteiger partial charge in [-0.25, -0.2) is 9.59 Å². The van der Waals surface area contributed by atoms with Crippen molar-refractivity contribution in [2.24, 2.45) is 0 Å². The Morgan fingerprint density at radius 2 is 1.86 bits per heavy atom. The number of hydrogen-bond acceptors (Lipinski definition) is 3. The lowest BCUT2D eigenvalue weighted by atomic mass is 10.2. The van der Waals surface area contributed by atoms with E-state index >= 15 is 0 Å². The molecule has 0 aliphatic carbocycles. The summed E-state index contributed by atoms with van der Waals surface area (Å²) in [6.07, 6.45) is 0. The van der Waals surface area contributed by atoms with E-state index in [2.05, 4.69) is 0 Å². The van der Waals surface area contributed by atoms with Gasteiger partial charge in [-0.2, -0.15) is 0 Å². The van der Waals surface area contributed by atoms with Crippen LogP contribution in [0.2, 0.25) is 0 Å². The van der Waals surface area contributed by atoms with Crippen LogP contribution in [0.25, 0.3) is 11.0 Å². The molecule has 0 aliphatic rings. The fourth-order valence-electron chi connectivity index (χ4n) is 2.55. The number of aromatic carboxylic acids is 1. The Morgan fingerprint density at radius 1 is 1.19 bits per heavy atom. The maximum Gasteiger partial charge on any atom is 0.346 e. The van der Waals surface area contributed by atoms with E-state index in [9.17, 15) is 14.7 Å². The Bertz CT molecular complexity index is 873. The van der Waals surface area contributed by atoms with Gasteiger partial charge >= 0.3 is 11.7 Å². The summed E-state index contributed by atoms with van der Waals surface area (Å²) in [4.78, 5) is 24.0. The predicted octanol–water partition coefficient (Wildman–Crippen LogP) is 2.63. The topological polar surface area (TPSA) is 64.2 Å². The lowest BCUT2D eigenvalue weighted by molar-refractivity contribution is 0.0701. The second-order valence-corrected chi connectivity index (χ2v) is 5.60. The Labute approximate surface area is 124 Å². The van der Waals surface area contributed by atoms with Crippen LogP contribution in [0.3, 0.4) is 0 Å². The third-order valence-corrected chi connectivity index (χ3v) is 4.46. The predicted molar refractivity (Wildman–Crippen MR) is 82.3 cm³/mol. The molecule has 0 fully saturated rings. The lowest BCUT2D eigenvalue weighted by Gasteiger charge is -2.03. The van der Waals surface area contributed by atoms with Crippen LogP contribution in [-0.4, -0.2) is 20.2 Å². The van der Waals surface area contributed by atoms with Crippen molar-refractivity contribution < 1.29 is 9.90 Å². The molecule has 2 aromatic heterocycles. The molecule has 3 aromatic rings. The van der Waals surface area contributed by atoms with Crippen LogP contribution < -0.4 is 5.69 Å². The highest BCUT2D eigenvalue weighted by atomic mass is 32.1. The third-order valence-electron chi connectivity index (χ3n) is 3.51. The van der Waals surface area contributed by atoms with Gasteiger partial charge in [0, 0.05) is 6.54 Å². The second kappa shape index (κ2) is 5.21. The van der Waals surface area contributed by atoms with Crippen molar-refractivity contribution >= 4 is 28.3 Å². The van der Waals surface area contributed by atoms with E-state index in [0.717, 1.165) is 11.0 Å². The summed E-state index contributed by atoms with van der Waals surface area (Å²) in [5, 5.41) is 10.9. The third kappa shape index (κ3) is 2.17. The number of thiophene rings is 1. The van der Waals surface area contributed by atoms with Crippen molar-refractivity contribution in [1.29, 1.82) is 0 Å². The first-order valence-corrected chi connectivity index (χ1v) is 7.49. The largest absolute Gasteiger partial charge is 0.477 e. The van der Waals surface area contributed by atoms with Crippen molar-refractivity contribution in [3.05, 3.63) is 56.6 Å². The molecule has 3 rings (SSSR count). The molecular formula is C15H14N2O3S. The molecular weight excluding hydrogens is 288 g/mol. The summed E-state index contributed by atoms with van der Waals surface area (Å²) in [6, 6.07) is 9.33. The first-order valence-electron chi connectivity index (χ1n) is 6.61. The van der Waals surface area contributed by atoms with Gasteiger partial charge in [-0.3, -0.25) is 9.13 Å². The molecule has 5 nitrogen and oxygen atoms in total. The summed E-state index contributed by atoms with van der Waals surface area (Å²) < 4.78 is 3.33. The number of aryl methyl sites for hydroxylation is 1. The molecule has 0 atom stereocenters. The molecule has 2 heterocycles. The molecule has 0 aliphatic heterocycles. The van der Waals surface area contributed by atoms with Gasteiger partial charge in [0.15, 0.2) is 0 Å². The molecule has 0 bridgehead atoms. The second-order valence-electron chi connectivity index (χ2n) is 4.68. The van der Waals surface area contributed by atoms with E-state index in [0.29, 0.717) is 12.1 Å². The van der Waals surface area contributed by atoms with Gasteiger partial charge in [0.1, 0.15) is 4.88 Å². The summed E-state index contributed by atoms with van der Waals surface area (Å²) in [6.45, 7) is 2.78. The van der Waals surface area contributed by atoms with Crippen molar-refractivity contribution in [1.82, 2.24) is 9.13 Å². The molecule has 0 radical (unpaired) electrons. The molecule has 0 amide bonds. The van der Waals surface area contributed by atoms with Gasteiger partial charge in [-0.15, -0.1) is 11.3 Å². The molecule has 21 heavy (non-hydrogen) atoms. The van der Waals surface area contributed by atoms with Gasteiger partial charge < -0.3 is 5.11 Å². The summed E-state index contributed by atoms with van der Waals surface area (Å²) in [7, 11) is 0. The van der Waals surface area contributed by atoms with E-state index in [1.165, 1.54) is 11.3 Å². The molecule has 0 saturated carbocycles. The van der Waals surface area contributed by atoms with Gasteiger partial charge in [0.25, 0.3) is 0 Å². The van der Waals surface area contributed by atoms with Crippen LogP contribution in [0.5, 0.6) is 0 Å². The molecule has 108 valence electrons. The average Bonchev–Trinajstić information content (AvgIpc) is 3.03. The number of imidazole rings is 1. The molecule has 6 heteroatoms. The Hall–Kier alpha value is -2.34. The van der Waals surface area contributed by atoms with Crippen molar-refractivity contribution in [2.75, 3.05) is 0 Å². The number of rotatable bonds is 4. The Kier molecular flexibility index (Phi) is 3.39. The monoisotopic (exact) mass is 302 g/mol. The Morgan fingerprint density at radius 3 is 2.48 bits per heavy atom. The van der Waals surface area contributed by atoms with Crippen molar-refractivity contribution in [2.45, 2.75) is 20.0 Å². The van der Waals surface area contributed by atoms with Crippen LogP contribution in [-0.2, 0) is 13.1 Å². The zero-order valence-electron chi connectivity index (χ0n) is 11.4. The molecule has 0 spiro atoms. The number of aromatic nitrogens is 2. The SMILES string of the molecule is CCn1c(=O)n(Cc2ccsc2C(=O)O)c2ccccc21. The van der Waals surface area contributed by atoms with E-state index in [-0.39, 0.29) is 17.1 Å². The fourth-order valence-corrected chi connectivity index (χ4v) is 3.30. The van der Waals surface area contributed by atoms with E-state index < -0.39 is 5.97 Å². The minimum Gasteiger partial charge on any atom is -0.477 e. The van der Waals surface area contributed by atoms with Gasteiger partial charge in [0.2, 0.25) is 0 Å². The smallest absolute Gasteiger partial charge is 0.346 e. The highest BCUT2D eigenvalue weighted by Crippen LogP contribution is 2.20. The quantitative estimate of drug-likeness (QED) is 0.805. The zero-order valence-corrected chi connectivity index (χ0v) is 12.3. The van der Waals surface area contributed by atoms with Gasteiger partial charge in [-0.1, -0.05) is 12.1 Å². The van der Waals surface area contributed by atoms with E-state index in [4.69, 9.17) is 0 Å². The summed E-state index contributed by atoms with van der Waals surface area (Å²) >= 11 is 1.18. The van der Waals surface area contributed by atoms with Crippen LogP contribution in [0.1, 0.15) is 22.2 Å². The number of fused-ring (bicyclic) bond motifs is 1. The highest BCUT2D eigenvalue weighted by Gasteiger charge is 2.16. The highest BCUT2D eigenvalue weighted by molar-refractivity contribution is 7.12. The number of hydrogen-bond donors (Lipinski definition) is 1. The first kappa shape index (κ1) is 13.6. The number of benzene rings is 1. The standard InChI is InChI=1S/C15H14N2O3S/c1-2-16-11-5-3-4-6-12(11)17(15(16)20)9-10-7-8-21-13(10)14(18)19/h3-8H,2,9H2,1H3,(H,18,19). The number of carboxylic acid groups (broad SMARTS) is 1. The number of carboxylic acids is 1. The zero-order chi connectivity index (χ0) is 15.0. The number of para-hydroxylation sites is 2. The van der Waals surface area contributed by atoms with Crippen LogP contribution in [0, 0.1) is 0 Å². The fraction of sp³-hybridized carbons (Fsp3) is 0.200. The van der Waals surface area contributed by atoms with Crippen molar-refractivity contribution in [3.63, 3.8) is 0 Å². The molecule has 1 N–H and O–H groups in total. The van der Waals surface area contributed by atoms with Crippen molar-refractivity contribution in [3.8, 4) is 0 Å². The van der Waals surface area contributed by atoms with Gasteiger partial charge in [-0.05, 0) is 36.1 Å². The van der Waals surface area contributed by atoms with Crippen LogP contribution in [0.4, 0.5) is 0 Å². The maximum atomic E-state index is 12.5. The van der Waals surface area contributed by atoms with Crippen LogP contribution in [0.15, 0.2) is 40.5 Å². The van der Waals surface area contributed by atoms with E-state index in [1.54, 1.807) is 20.6 Å². The van der Waals surface area contributed by atoms with E-state index in [1.807, 2.05) is 31.2 Å². The molecule has 0 unspecified atom stereocenters. The normalized spacial score (nSPS) is 11.1. The first-order chi connectivity index (χ1) is 10.1.